The molecule has 1 aromatic rings. The van der Waals surface area contributed by atoms with Gasteiger partial charge in [0.1, 0.15) is 5.75 Å². The van der Waals surface area contributed by atoms with Crippen LogP contribution in [0.3, 0.4) is 0 Å². The summed E-state index contributed by atoms with van der Waals surface area (Å²) in [5.74, 6) is 0.366. The summed E-state index contributed by atoms with van der Waals surface area (Å²) in [6, 6.07) is 6.18. The van der Waals surface area contributed by atoms with Crippen LogP contribution in [0.2, 0.25) is 5.02 Å². The topological polar surface area (TPSA) is 58.6 Å². The van der Waals surface area contributed by atoms with E-state index in [9.17, 15) is 4.79 Å². The third-order valence-electron chi connectivity index (χ3n) is 1.64. The number of hydrogen-bond acceptors (Lipinski definition) is 3. The molecule has 5 heteroatoms. The Bertz CT molecular complexity index is 343. The number of benzene rings is 1. The van der Waals surface area contributed by atoms with Crippen molar-refractivity contribution >= 4 is 17.7 Å². The predicted molar refractivity (Wildman–Crippen MR) is 57.2 cm³/mol. The first kappa shape index (κ1) is 11.8. The van der Waals surface area contributed by atoms with Gasteiger partial charge in [-0.1, -0.05) is 17.7 Å². The van der Waals surface area contributed by atoms with Gasteiger partial charge in [0.25, 0.3) is 0 Å². The lowest BCUT2D eigenvalue weighted by atomic mass is 10.3. The summed E-state index contributed by atoms with van der Waals surface area (Å²) in [5.41, 5.74) is 0. The number of halogens is 1. The van der Waals surface area contributed by atoms with Gasteiger partial charge in [0, 0.05) is 5.02 Å². The summed E-state index contributed by atoms with van der Waals surface area (Å²) < 4.78 is 4.92. The third-order valence-corrected chi connectivity index (χ3v) is 1.88. The molecule has 1 rings (SSSR count). The predicted octanol–water partition coefficient (Wildman–Crippen LogP) is 1.81. The molecule has 15 heavy (non-hydrogen) atoms. The van der Waals surface area contributed by atoms with Gasteiger partial charge in [-0.15, -0.1) is 0 Å². The average Bonchev–Trinajstić information content (AvgIpc) is 2.17. The maximum Gasteiger partial charge on any atom is 0.412 e. The molecule has 82 valence electrons. The Hall–Kier alpha value is -1.26. The van der Waals surface area contributed by atoms with Crippen LogP contribution in [0.1, 0.15) is 6.92 Å². The molecule has 0 aliphatic rings. The van der Waals surface area contributed by atoms with E-state index >= 15 is 0 Å². The smallest absolute Gasteiger partial charge is 0.410 e. The molecule has 2 N–H and O–H groups in total. The van der Waals surface area contributed by atoms with Gasteiger partial charge in [0.05, 0.1) is 12.6 Å². The lowest BCUT2D eigenvalue weighted by Crippen LogP contribution is -2.36. The minimum atomic E-state index is -0.612. The summed E-state index contributed by atoms with van der Waals surface area (Å²) in [7, 11) is 0. The highest BCUT2D eigenvalue weighted by Crippen LogP contribution is 2.16. The standard InChI is InChI=1S/C10H12ClNO3/c1-7(6-13)12-10(14)15-9-4-2-3-8(11)5-9/h2-5,7,13H,6H2,1H3,(H,12,14). The van der Waals surface area contributed by atoms with Gasteiger partial charge in [-0.3, -0.25) is 0 Å². The maximum atomic E-state index is 11.2. The summed E-state index contributed by atoms with van der Waals surface area (Å²) in [6.45, 7) is 1.53. The van der Waals surface area contributed by atoms with Gasteiger partial charge in [-0.2, -0.15) is 0 Å². The average molecular weight is 230 g/mol. The van der Waals surface area contributed by atoms with Crippen LogP contribution < -0.4 is 10.1 Å². The molecule has 0 aliphatic carbocycles. The monoisotopic (exact) mass is 229 g/mol. The Labute approximate surface area is 92.8 Å². The Morgan fingerprint density at radius 1 is 1.67 bits per heavy atom. The van der Waals surface area contributed by atoms with E-state index in [1.54, 1.807) is 25.1 Å². The van der Waals surface area contributed by atoms with E-state index < -0.39 is 6.09 Å². The van der Waals surface area contributed by atoms with Gasteiger partial charge in [0.15, 0.2) is 0 Å². The van der Waals surface area contributed by atoms with Gasteiger partial charge >= 0.3 is 6.09 Å². The Morgan fingerprint density at radius 2 is 2.40 bits per heavy atom. The van der Waals surface area contributed by atoms with Crippen molar-refractivity contribution < 1.29 is 14.6 Å². The van der Waals surface area contributed by atoms with Gasteiger partial charge in [0.2, 0.25) is 0 Å². The van der Waals surface area contributed by atoms with Crippen molar-refractivity contribution in [3.8, 4) is 5.75 Å². The summed E-state index contributed by atoms with van der Waals surface area (Å²) >= 11 is 5.71. The number of hydrogen-bond donors (Lipinski definition) is 2. The zero-order valence-electron chi connectivity index (χ0n) is 8.24. The van der Waals surface area contributed by atoms with Crippen molar-refractivity contribution in [1.82, 2.24) is 5.32 Å². The molecule has 0 bridgehead atoms. The number of carbonyl (C=O) groups excluding carboxylic acids is 1. The Kier molecular flexibility index (Phi) is 4.39. The van der Waals surface area contributed by atoms with E-state index in [-0.39, 0.29) is 12.6 Å². The van der Waals surface area contributed by atoms with E-state index in [1.807, 2.05) is 0 Å². The van der Waals surface area contributed by atoms with Crippen molar-refractivity contribution in [3.63, 3.8) is 0 Å². The number of ether oxygens (including phenoxy) is 1. The highest BCUT2D eigenvalue weighted by atomic mass is 35.5. The lowest BCUT2D eigenvalue weighted by Gasteiger charge is -2.10. The van der Waals surface area contributed by atoms with Crippen LogP contribution in [-0.2, 0) is 0 Å². The van der Waals surface area contributed by atoms with E-state index in [2.05, 4.69) is 5.32 Å². The van der Waals surface area contributed by atoms with Crippen LogP contribution in [0.5, 0.6) is 5.75 Å². The number of rotatable bonds is 3. The molecule has 0 saturated carbocycles. The van der Waals surface area contributed by atoms with E-state index in [1.165, 1.54) is 6.07 Å². The molecule has 1 aromatic carbocycles. The largest absolute Gasteiger partial charge is 0.412 e. The molecule has 4 nitrogen and oxygen atoms in total. The van der Waals surface area contributed by atoms with Crippen molar-refractivity contribution in [2.45, 2.75) is 13.0 Å². The maximum absolute atomic E-state index is 11.2. The van der Waals surface area contributed by atoms with Crippen LogP contribution in [-0.4, -0.2) is 23.8 Å². The molecule has 0 radical (unpaired) electrons. The third kappa shape index (κ3) is 4.18. The molecular formula is C10H12ClNO3. The zero-order chi connectivity index (χ0) is 11.3. The number of aliphatic hydroxyl groups excluding tert-OH is 1. The fourth-order valence-electron chi connectivity index (χ4n) is 0.914. The molecule has 1 atom stereocenters. The molecule has 0 spiro atoms. The lowest BCUT2D eigenvalue weighted by molar-refractivity contribution is 0.186. The van der Waals surface area contributed by atoms with Crippen molar-refractivity contribution in [3.05, 3.63) is 29.3 Å². The Balaban J connectivity index is 2.51. The molecule has 0 aliphatic heterocycles. The van der Waals surface area contributed by atoms with E-state index in [0.717, 1.165) is 0 Å². The molecule has 1 amide bonds. The fourth-order valence-corrected chi connectivity index (χ4v) is 1.09. The van der Waals surface area contributed by atoms with Gasteiger partial charge in [-0.05, 0) is 25.1 Å². The van der Waals surface area contributed by atoms with E-state index in [0.29, 0.717) is 10.8 Å². The van der Waals surface area contributed by atoms with Crippen molar-refractivity contribution in [2.75, 3.05) is 6.61 Å². The summed E-state index contributed by atoms with van der Waals surface area (Å²) in [4.78, 5) is 11.2. The second kappa shape index (κ2) is 5.58. The highest BCUT2D eigenvalue weighted by Gasteiger charge is 2.07. The summed E-state index contributed by atoms with van der Waals surface area (Å²) in [6.07, 6.45) is -0.612. The van der Waals surface area contributed by atoms with Crippen LogP contribution in [0, 0.1) is 0 Å². The van der Waals surface area contributed by atoms with Gasteiger partial charge < -0.3 is 15.2 Å². The number of nitrogens with one attached hydrogen (secondary N) is 1. The Morgan fingerprint density at radius 3 is 3.00 bits per heavy atom. The van der Waals surface area contributed by atoms with E-state index in [4.69, 9.17) is 21.4 Å². The molecule has 0 heterocycles. The number of amides is 1. The number of carbonyl (C=O) groups is 1. The minimum absolute atomic E-state index is 0.134. The molecule has 0 fully saturated rings. The molecule has 1 unspecified atom stereocenters. The fraction of sp³-hybridized carbons (Fsp3) is 0.300. The molecular weight excluding hydrogens is 218 g/mol. The highest BCUT2D eigenvalue weighted by molar-refractivity contribution is 6.30. The second-order valence-electron chi connectivity index (χ2n) is 3.07. The first-order chi connectivity index (χ1) is 7.11. The quantitative estimate of drug-likeness (QED) is 0.831. The first-order valence-corrected chi connectivity index (χ1v) is 4.84. The van der Waals surface area contributed by atoms with Crippen LogP contribution in [0.15, 0.2) is 24.3 Å². The van der Waals surface area contributed by atoms with Crippen molar-refractivity contribution in [1.29, 1.82) is 0 Å². The van der Waals surface area contributed by atoms with Crippen LogP contribution in [0.4, 0.5) is 4.79 Å². The van der Waals surface area contributed by atoms with Crippen LogP contribution in [0.25, 0.3) is 0 Å². The summed E-state index contributed by atoms with van der Waals surface area (Å²) in [5, 5.41) is 11.6. The minimum Gasteiger partial charge on any atom is -0.410 e. The SMILES string of the molecule is CC(CO)NC(=O)Oc1cccc(Cl)c1. The number of aliphatic hydroxyl groups is 1. The first-order valence-electron chi connectivity index (χ1n) is 4.46. The van der Waals surface area contributed by atoms with Crippen molar-refractivity contribution in [2.24, 2.45) is 0 Å². The second-order valence-corrected chi connectivity index (χ2v) is 3.51. The normalized spacial score (nSPS) is 11.9. The van der Waals surface area contributed by atoms with Gasteiger partial charge in [-0.25, -0.2) is 4.79 Å². The zero-order valence-corrected chi connectivity index (χ0v) is 8.99. The van der Waals surface area contributed by atoms with Crippen LogP contribution >= 0.6 is 11.6 Å². The molecule has 0 saturated heterocycles. The molecule has 0 aromatic heterocycles.